The van der Waals surface area contributed by atoms with E-state index >= 15 is 0 Å². The molecule has 0 amide bonds. The SMILES string of the molecule is C/C(=C/[C@@H](C)C(C)C)C(C)C. The maximum atomic E-state index is 2.40. The summed E-state index contributed by atoms with van der Waals surface area (Å²) < 4.78 is 0. The minimum atomic E-state index is 0.705. The number of rotatable bonds is 3. The molecule has 0 spiro atoms. The second-order valence-corrected chi connectivity index (χ2v) is 4.17. The van der Waals surface area contributed by atoms with Crippen LogP contribution in [0.4, 0.5) is 0 Å². The van der Waals surface area contributed by atoms with Gasteiger partial charge in [-0.15, -0.1) is 0 Å². The van der Waals surface area contributed by atoms with Crippen LogP contribution >= 0.6 is 0 Å². The topological polar surface area (TPSA) is 0 Å². The van der Waals surface area contributed by atoms with Gasteiger partial charge in [0.1, 0.15) is 0 Å². The number of hydrogen-bond donors (Lipinski definition) is 0. The second-order valence-electron chi connectivity index (χ2n) is 4.17. The number of allylic oxidation sites excluding steroid dienone is 2. The molecule has 0 aliphatic rings. The van der Waals surface area contributed by atoms with Gasteiger partial charge < -0.3 is 0 Å². The fraction of sp³-hybridized carbons (Fsp3) is 0.818. The normalized spacial score (nSPS) is 16.2. The van der Waals surface area contributed by atoms with Gasteiger partial charge in [-0.1, -0.05) is 46.3 Å². The lowest BCUT2D eigenvalue weighted by Crippen LogP contribution is -2.02. The molecule has 0 saturated heterocycles. The van der Waals surface area contributed by atoms with Gasteiger partial charge in [0.2, 0.25) is 0 Å². The summed E-state index contributed by atoms with van der Waals surface area (Å²) in [7, 11) is 0. The average molecular weight is 154 g/mol. The van der Waals surface area contributed by atoms with Crippen molar-refractivity contribution in [1.29, 1.82) is 0 Å². The fourth-order valence-corrected chi connectivity index (χ4v) is 0.800. The zero-order valence-corrected chi connectivity index (χ0v) is 8.81. The largest absolute Gasteiger partial charge is 0.0823 e. The summed E-state index contributed by atoms with van der Waals surface area (Å²) in [4.78, 5) is 0. The third-order valence-electron chi connectivity index (χ3n) is 2.49. The molecule has 0 unspecified atom stereocenters. The van der Waals surface area contributed by atoms with Crippen LogP contribution in [0.5, 0.6) is 0 Å². The van der Waals surface area contributed by atoms with Crippen LogP contribution in [-0.2, 0) is 0 Å². The zero-order chi connectivity index (χ0) is 9.02. The summed E-state index contributed by atoms with van der Waals surface area (Å²) in [6.07, 6.45) is 2.40. The van der Waals surface area contributed by atoms with Crippen molar-refractivity contribution >= 4 is 0 Å². The first kappa shape index (κ1) is 10.7. The van der Waals surface area contributed by atoms with E-state index in [1.807, 2.05) is 0 Å². The van der Waals surface area contributed by atoms with Gasteiger partial charge in [0, 0.05) is 0 Å². The maximum absolute atomic E-state index is 2.40. The Balaban J connectivity index is 4.07. The van der Waals surface area contributed by atoms with Crippen molar-refractivity contribution in [2.24, 2.45) is 17.8 Å². The van der Waals surface area contributed by atoms with Gasteiger partial charge in [-0.25, -0.2) is 0 Å². The highest BCUT2D eigenvalue weighted by atomic mass is 14.1. The molecule has 0 heteroatoms. The van der Waals surface area contributed by atoms with Crippen molar-refractivity contribution in [2.75, 3.05) is 0 Å². The Hall–Kier alpha value is -0.260. The van der Waals surface area contributed by atoms with Gasteiger partial charge in [0.15, 0.2) is 0 Å². The van der Waals surface area contributed by atoms with Crippen molar-refractivity contribution in [2.45, 2.75) is 41.5 Å². The standard InChI is InChI=1S/C11H22/c1-8(2)10(5)7-11(6)9(3)4/h7-10H,1-6H3/b11-7-/t10-/m1/s1. The molecule has 0 aromatic rings. The van der Waals surface area contributed by atoms with Crippen LogP contribution in [0.1, 0.15) is 41.5 Å². The van der Waals surface area contributed by atoms with E-state index in [2.05, 4.69) is 47.6 Å². The van der Waals surface area contributed by atoms with E-state index in [1.54, 1.807) is 0 Å². The van der Waals surface area contributed by atoms with Gasteiger partial charge >= 0.3 is 0 Å². The van der Waals surface area contributed by atoms with Crippen LogP contribution in [0.25, 0.3) is 0 Å². The molecule has 0 aliphatic heterocycles. The summed E-state index contributed by atoms with van der Waals surface area (Å²) in [5.41, 5.74) is 1.52. The lowest BCUT2D eigenvalue weighted by molar-refractivity contribution is 0.497. The Kier molecular flexibility index (Phi) is 4.48. The van der Waals surface area contributed by atoms with E-state index in [0.717, 1.165) is 11.8 Å². The van der Waals surface area contributed by atoms with E-state index in [9.17, 15) is 0 Å². The minimum absolute atomic E-state index is 0.705. The quantitative estimate of drug-likeness (QED) is 0.541. The molecule has 0 fully saturated rings. The Labute approximate surface area is 71.7 Å². The highest BCUT2D eigenvalue weighted by Crippen LogP contribution is 2.17. The molecule has 0 nitrogen and oxygen atoms in total. The van der Waals surface area contributed by atoms with Crippen molar-refractivity contribution in [3.63, 3.8) is 0 Å². The molecule has 0 aromatic carbocycles. The maximum Gasteiger partial charge on any atom is -0.0236 e. The van der Waals surface area contributed by atoms with E-state index in [4.69, 9.17) is 0 Å². The van der Waals surface area contributed by atoms with Gasteiger partial charge in [-0.3, -0.25) is 0 Å². The molecule has 0 aromatic heterocycles. The van der Waals surface area contributed by atoms with E-state index < -0.39 is 0 Å². The van der Waals surface area contributed by atoms with Gasteiger partial charge in [0.05, 0.1) is 0 Å². The fourth-order valence-electron chi connectivity index (χ4n) is 0.800. The Morgan fingerprint density at radius 3 is 1.73 bits per heavy atom. The molecule has 0 N–H and O–H groups in total. The third kappa shape index (κ3) is 4.23. The van der Waals surface area contributed by atoms with Crippen LogP contribution in [0.3, 0.4) is 0 Å². The lowest BCUT2D eigenvalue weighted by atomic mass is 9.93. The highest BCUT2D eigenvalue weighted by molar-refractivity contribution is 5.03. The van der Waals surface area contributed by atoms with Crippen molar-refractivity contribution in [3.05, 3.63) is 11.6 Å². The first-order valence-corrected chi connectivity index (χ1v) is 4.63. The molecule has 0 aliphatic carbocycles. The minimum Gasteiger partial charge on any atom is -0.0823 e. The Bertz CT molecular complexity index is 129. The smallest absolute Gasteiger partial charge is 0.0236 e. The zero-order valence-electron chi connectivity index (χ0n) is 8.81. The molecule has 66 valence electrons. The van der Waals surface area contributed by atoms with E-state index in [-0.39, 0.29) is 0 Å². The summed E-state index contributed by atoms with van der Waals surface area (Å²) in [5.74, 6) is 2.19. The van der Waals surface area contributed by atoms with Crippen LogP contribution in [0.2, 0.25) is 0 Å². The molecule has 11 heavy (non-hydrogen) atoms. The molecule has 1 atom stereocenters. The molecular weight excluding hydrogens is 132 g/mol. The van der Waals surface area contributed by atoms with Crippen molar-refractivity contribution < 1.29 is 0 Å². The van der Waals surface area contributed by atoms with Crippen molar-refractivity contribution in [1.82, 2.24) is 0 Å². The predicted molar refractivity (Wildman–Crippen MR) is 52.6 cm³/mol. The first-order valence-electron chi connectivity index (χ1n) is 4.63. The van der Waals surface area contributed by atoms with E-state index in [1.165, 1.54) is 5.57 Å². The third-order valence-corrected chi connectivity index (χ3v) is 2.49. The van der Waals surface area contributed by atoms with Crippen LogP contribution in [0.15, 0.2) is 11.6 Å². The summed E-state index contributed by atoms with van der Waals surface area (Å²) in [6.45, 7) is 13.6. The van der Waals surface area contributed by atoms with Crippen LogP contribution in [-0.4, -0.2) is 0 Å². The highest BCUT2D eigenvalue weighted by Gasteiger charge is 2.04. The second kappa shape index (κ2) is 4.58. The summed E-state index contributed by atoms with van der Waals surface area (Å²) >= 11 is 0. The summed E-state index contributed by atoms with van der Waals surface area (Å²) in [5, 5.41) is 0. The van der Waals surface area contributed by atoms with Gasteiger partial charge in [-0.05, 0) is 24.7 Å². The van der Waals surface area contributed by atoms with E-state index in [0.29, 0.717) is 5.92 Å². The average Bonchev–Trinajstić information content (AvgIpc) is 1.87. The lowest BCUT2D eigenvalue weighted by Gasteiger charge is -2.13. The van der Waals surface area contributed by atoms with Gasteiger partial charge in [0.25, 0.3) is 0 Å². The molecule has 0 rings (SSSR count). The predicted octanol–water partition coefficient (Wildman–Crippen LogP) is 3.88. The first-order chi connectivity index (χ1) is 4.95. The number of hydrogen-bond acceptors (Lipinski definition) is 0. The Morgan fingerprint density at radius 1 is 1.00 bits per heavy atom. The summed E-state index contributed by atoms with van der Waals surface area (Å²) in [6, 6.07) is 0. The van der Waals surface area contributed by atoms with Crippen LogP contribution in [0, 0.1) is 17.8 Å². The monoisotopic (exact) mass is 154 g/mol. The van der Waals surface area contributed by atoms with Crippen molar-refractivity contribution in [3.8, 4) is 0 Å². The van der Waals surface area contributed by atoms with Crippen LogP contribution < -0.4 is 0 Å². The molecule has 0 radical (unpaired) electrons. The molecule has 0 bridgehead atoms. The molecular formula is C11H22. The Morgan fingerprint density at radius 2 is 1.45 bits per heavy atom. The molecule has 0 saturated carbocycles. The molecule has 0 heterocycles. The van der Waals surface area contributed by atoms with Gasteiger partial charge in [-0.2, -0.15) is 0 Å².